The lowest BCUT2D eigenvalue weighted by molar-refractivity contribution is -0.133. The Morgan fingerprint density at radius 3 is 2.87 bits per heavy atom. The van der Waals surface area contributed by atoms with E-state index >= 15 is 0 Å². The van der Waals surface area contributed by atoms with Crippen molar-refractivity contribution in [3.8, 4) is 0 Å². The first-order valence-corrected chi connectivity index (χ1v) is 8.71. The fourth-order valence-corrected chi connectivity index (χ4v) is 4.06. The summed E-state index contributed by atoms with van der Waals surface area (Å²) in [4.78, 5) is 14.7. The molecular weight excluding hydrogens is 308 g/mol. The van der Waals surface area contributed by atoms with Crippen molar-refractivity contribution >= 4 is 18.3 Å². The molecule has 1 aliphatic carbocycles. The van der Waals surface area contributed by atoms with Gasteiger partial charge < -0.3 is 10.2 Å². The maximum atomic E-state index is 12.7. The Kier molecular flexibility index (Phi) is 6.49. The maximum Gasteiger partial charge on any atom is 0.223 e. The normalized spacial score (nSPS) is 24.4. The van der Waals surface area contributed by atoms with Gasteiger partial charge in [0.2, 0.25) is 5.91 Å². The number of nitrogens with zero attached hydrogens (tertiary/aromatic N) is 1. The summed E-state index contributed by atoms with van der Waals surface area (Å²) in [6, 6.07) is 8.85. The number of amides is 1. The van der Waals surface area contributed by atoms with Crippen LogP contribution in [0.2, 0.25) is 0 Å². The molecule has 1 N–H and O–H groups in total. The second kappa shape index (κ2) is 8.16. The van der Waals surface area contributed by atoms with E-state index in [9.17, 15) is 4.79 Å². The van der Waals surface area contributed by atoms with Gasteiger partial charge >= 0.3 is 0 Å². The molecule has 128 valence electrons. The van der Waals surface area contributed by atoms with E-state index < -0.39 is 0 Å². The molecule has 3 nitrogen and oxygen atoms in total. The fourth-order valence-electron chi connectivity index (χ4n) is 4.06. The maximum absolute atomic E-state index is 12.7. The Labute approximate surface area is 146 Å². The summed E-state index contributed by atoms with van der Waals surface area (Å²) < 4.78 is 0. The van der Waals surface area contributed by atoms with E-state index in [4.69, 9.17) is 0 Å². The molecule has 0 bridgehead atoms. The van der Waals surface area contributed by atoms with Crippen LogP contribution in [-0.2, 0) is 11.2 Å². The molecule has 1 heterocycles. The average Bonchev–Trinajstić information content (AvgIpc) is 2.99. The van der Waals surface area contributed by atoms with Crippen molar-refractivity contribution in [2.24, 2.45) is 11.8 Å². The number of carbonyl (C=O) groups excluding carboxylic acids is 1. The minimum absolute atomic E-state index is 0. The van der Waals surface area contributed by atoms with E-state index in [2.05, 4.69) is 36.5 Å². The quantitative estimate of drug-likeness (QED) is 0.911. The number of halogens is 1. The molecule has 1 aliphatic heterocycles. The van der Waals surface area contributed by atoms with Crippen molar-refractivity contribution in [3.63, 3.8) is 0 Å². The number of carbonyl (C=O) groups is 1. The summed E-state index contributed by atoms with van der Waals surface area (Å²) in [6.45, 7) is 4.45. The van der Waals surface area contributed by atoms with Gasteiger partial charge in [-0.15, -0.1) is 12.4 Å². The minimum atomic E-state index is 0. The van der Waals surface area contributed by atoms with E-state index in [0.29, 0.717) is 24.2 Å². The van der Waals surface area contributed by atoms with Gasteiger partial charge in [-0.3, -0.25) is 4.79 Å². The highest BCUT2D eigenvalue weighted by Crippen LogP contribution is 2.35. The lowest BCUT2D eigenvalue weighted by atomic mass is 9.85. The number of hydrogen-bond acceptors (Lipinski definition) is 2. The standard InChI is InChI=1S/C19H28N2O.ClH/c1-14(16-7-5-11-20-13-16)12-19(22)21(2)18-10-9-15-6-3-4-8-17(15)18;/h3-4,6,8,14,16,18,20H,5,7,9-13H2,1-2H3;1H. The zero-order valence-electron chi connectivity index (χ0n) is 14.3. The van der Waals surface area contributed by atoms with Crippen molar-refractivity contribution in [1.29, 1.82) is 0 Å². The zero-order chi connectivity index (χ0) is 15.5. The van der Waals surface area contributed by atoms with Gasteiger partial charge in [0.25, 0.3) is 0 Å². The number of fused-ring (bicyclic) bond motifs is 1. The first-order chi connectivity index (χ1) is 10.7. The third-order valence-electron chi connectivity index (χ3n) is 5.60. The van der Waals surface area contributed by atoms with E-state index in [1.165, 1.54) is 24.0 Å². The molecule has 3 rings (SSSR count). The van der Waals surface area contributed by atoms with Crippen LogP contribution in [-0.4, -0.2) is 30.9 Å². The summed E-state index contributed by atoms with van der Waals surface area (Å²) in [6.07, 6.45) is 5.36. The van der Waals surface area contributed by atoms with Gasteiger partial charge in [0.05, 0.1) is 6.04 Å². The predicted molar refractivity (Wildman–Crippen MR) is 96.9 cm³/mol. The Bertz CT molecular complexity index is 528. The highest BCUT2D eigenvalue weighted by molar-refractivity contribution is 5.85. The molecule has 0 aromatic heterocycles. The van der Waals surface area contributed by atoms with Crippen molar-refractivity contribution < 1.29 is 4.79 Å². The Morgan fingerprint density at radius 1 is 1.35 bits per heavy atom. The van der Waals surface area contributed by atoms with Crippen LogP contribution in [0, 0.1) is 11.8 Å². The van der Waals surface area contributed by atoms with Crippen molar-refractivity contribution in [2.45, 2.75) is 45.1 Å². The molecule has 1 aromatic rings. The lowest BCUT2D eigenvalue weighted by Crippen LogP contribution is -2.36. The second-order valence-corrected chi connectivity index (χ2v) is 7.05. The summed E-state index contributed by atoms with van der Waals surface area (Å²) >= 11 is 0. The van der Waals surface area contributed by atoms with Crippen LogP contribution in [0.25, 0.3) is 0 Å². The molecule has 1 amide bonds. The molecule has 1 aromatic carbocycles. The molecule has 3 unspecified atom stereocenters. The van der Waals surface area contributed by atoms with E-state index in [1.807, 2.05) is 11.9 Å². The SMILES string of the molecule is CC(CC(=O)N(C)C1CCc2ccccc21)C1CCCNC1.Cl. The molecule has 0 spiro atoms. The van der Waals surface area contributed by atoms with Gasteiger partial charge in [0.15, 0.2) is 0 Å². The van der Waals surface area contributed by atoms with Gasteiger partial charge in [-0.2, -0.15) is 0 Å². The average molecular weight is 337 g/mol. The van der Waals surface area contributed by atoms with E-state index in [1.54, 1.807) is 0 Å². The third-order valence-corrected chi connectivity index (χ3v) is 5.60. The van der Waals surface area contributed by atoms with Crippen molar-refractivity contribution in [2.75, 3.05) is 20.1 Å². The van der Waals surface area contributed by atoms with Crippen LogP contribution in [0.15, 0.2) is 24.3 Å². The number of benzene rings is 1. The molecule has 1 saturated heterocycles. The summed E-state index contributed by atoms with van der Waals surface area (Å²) in [5.74, 6) is 1.43. The predicted octanol–water partition coefficient (Wildman–Crippen LogP) is 3.58. The largest absolute Gasteiger partial charge is 0.339 e. The topological polar surface area (TPSA) is 32.3 Å². The van der Waals surface area contributed by atoms with Crippen LogP contribution >= 0.6 is 12.4 Å². The smallest absolute Gasteiger partial charge is 0.223 e. The Hall–Kier alpha value is -1.06. The van der Waals surface area contributed by atoms with Crippen LogP contribution in [0.5, 0.6) is 0 Å². The van der Waals surface area contributed by atoms with Crippen LogP contribution in [0.1, 0.15) is 49.8 Å². The molecule has 4 heteroatoms. The zero-order valence-corrected chi connectivity index (χ0v) is 15.1. The summed E-state index contributed by atoms with van der Waals surface area (Å²) in [5, 5.41) is 3.46. The third kappa shape index (κ3) is 4.07. The molecule has 1 fully saturated rings. The second-order valence-electron chi connectivity index (χ2n) is 7.05. The number of piperidine rings is 1. The van der Waals surface area contributed by atoms with Crippen LogP contribution < -0.4 is 5.32 Å². The Balaban J connectivity index is 0.00000192. The van der Waals surface area contributed by atoms with E-state index in [0.717, 1.165) is 25.9 Å². The van der Waals surface area contributed by atoms with Gasteiger partial charge in [0.1, 0.15) is 0 Å². The molecule has 0 radical (unpaired) electrons. The molecule has 2 aliphatic rings. The molecule has 23 heavy (non-hydrogen) atoms. The number of nitrogens with one attached hydrogen (secondary N) is 1. The highest BCUT2D eigenvalue weighted by Gasteiger charge is 2.30. The minimum Gasteiger partial charge on any atom is -0.339 e. The monoisotopic (exact) mass is 336 g/mol. The summed E-state index contributed by atoms with van der Waals surface area (Å²) in [5.41, 5.74) is 2.77. The molecule has 0 saturated carbocycles. The van der Waals surface area contributed by atoms with E-state index in [-0.39, 0.29) is 18.4 Å². The molecule has 3 atom stereocenters. The van der Waals surface area contributed by atoms with Crippen LogP contribution in [0.4, 0.5) is 0 Å². The lowest BCUT2D eigenvalue weighted by Gasteiger charge is -2.31. The fraction of sp³-hybridized carbons (Fsp3) is 0.632. The number of hydrogen-bond donors (Lipinski definition) is 1. The summed E-state index contributed by atoms with van der Waals surface area (Å²) in [7, 11) is 1.99. The van der Waals surface area contributed by atoms with Gasteiger partial charge in [-0.05, 0) is 61.7 Å². The van der Waals surface area contributed by atoms with Gasteiger partial charge in [-0.25, -0.2) is 0 Å². The number of rotatable bonds is 4. The number of aryl methyl sites for hydroxylation is 1. The highest BCUT2D eigenvalue weighted by atomic mass is 35.5. The first kappa shape index (κ1) is 18.3. The van der Waals surface area contributed by atoms with Crippen molar-refractivity contribution in [1.82, 2.24) is 10.2 Å². The first-order valence-electron chi connectivity index (χ1n) is 8.71. The van der Waals surface area contributed by atoms with Crippen molar-refractivity contribution in [3.05, 3.63) is 35.4 Å². The molecular formula is C19H29ClN2O. The van der Waals surface area contributed by atoms with Gasteiger partial charge in [0, 0.05) is 13.5 Å². The Morgan fingerprint density at radius 2 is 2.13 bits per heavy atom. The van der Waals surface area contributed by atoms with Gasteiger partial charge in [-0.1, -0.05) is 31.2 Å². The van der Waals surface area contributed by atoms with Crippen LogP contribution in [0.3, 0.4) is 0 Å².